The summed E-state index contributed by atoms with van der Waals surface area (Å²) < 4.78 is 18.3. The number of methoxy groups -OCH3 is 3. The highest BCUT2D eigenvalue weighted by molar-refractivity contribution is 14.0. The van der Waals surface area contributed by atoms with Crippen LogP contribution in [0.3, 0.4) is 0 Å². The number of rotatable bonds is 7. The maximum atomic E-state index is 5.47. The Bertz CT molecular complexity index is 855. The van der Waals surface area contributed by atoms with E-state index >= 15 is 0 Å². The van der Waals surface area contributed by atoms with Crippen LogP contribution in [0.25, 0.3) is 0 Å². The van der Waals surface area contributed by atoms with Crippen LogP contribution >= 0.6 is 24.0 Å². The molecule has 1 aliphatic rings. The Kier molecular flexibility index (Phi) is 9.66. The number of aryl methyl sites for hydroxylation is 1. The number of anilines is 1. The molecular formula is C21H33IN6O3. The number of hydrogen-bond donors (Lipinski definition) is 2. The maximum absolute atomic E-state index is 5.47. The number of nitrogens with one attached hydrogen (secondary N) is 2. The van der Waals surface area contributed by atoms with Crippen LogP contribution in [-0.2, 0) is 13.6 Å². The van der Waals surface area contributed by atoms with Gasteiger partial charge in [-0.15, -0.1) is 34.2 Å². The van der Waals surface area contributed by atoms with E-state index in [9.17, 15) is 0 Å². The summed E-state index contributed by atoms with van der Waals surface area (Å²) in [6.07, 6.45) is 6.04. The fourth-order valence-corrected chi connectivity index (χ4v) is 3.59. The van der Waals surface area contributed by atoms with Crippen LogP contribution in [0, 0.1) is 6.92 Å². The molecule has 31 heavy (non-hydrogen) atoms. The molecule has 9 nitrogen and oxygen atoms in total. The second-order valence-corrected chi connectivity index (χ2v) is 7.41. The molecule has 0 amide bonds. The first-order chi connectivity index (χ1) is 14.5. The molecule has 0 unspecified atom stereocenters. The molecule has 1 aliphatic carbocycles. The highest BCUT2D eigenvalue weighted by Gasteiger charge is 2.18. The number of halogens is 1. The molecule has 10 heteroatoms. The third kappa shape index (κ3) is 6.37. The van der Waals surface area contributed by atoms with Gasteiger partial charge < -0.3 is 29.4 Å². The quantitative estimate of drug-likeness (QED) is 0.312. The van der Waals surface area contributed by atoms with Crippen LogP contribution in [0.1, 0.15) is 43.8 Å². The largest absolute Gasteiger partial charge is 0.493 e. The Balaban J connectivity index is 0.00000341. The van der Waals surface area contributed by atoms with Gasteiger partial charge in [-0.3, -0.25) is 0 Å². The van der Waals surface area contributed by atoms with Crippen LogP contribution in [0.15, 0.2) is 17.1 Å². The van der Waals surface area contributed by atoms with E-state index in [1.54, 1.807) is 21.3 Å². The van der Waals surface area contributed by atoms with Gasteiger partial charge in [-0.2, -0.15) is 0 Å². The van der Waals surface area contributed by atoms with Crippen molar-refractivity contribution in [3.05, 3.63) is 23.8 Å². The van der Waals surface area contributed by atoms with Crippen molar-refractivity contribution >= 4 is 35.6 Å². The van der Waals surface area contributed by atoms with Crippen LogP contribution < -0.4 is 24.8 Å². The molecule has 3 rings (SSSR count). The minimum atomic E-state index is 0. The zero-order valence-corrected chi connectivity index (χ0v) is 21.2. The molecule has 1 heterocycles. The molecule has 0 bridgehead atoms. The molecule has 0 atom stereocenters. The monoisotopic (exact) mass is 544 g/mol. The topological polar surface area (TPSA) is 94.8 Å². The number of aliphatic imine (C=N–C) groups is 1. The number of ether oxygens (including phenoxy) is 3. The zero-order valence-electron chi connectivity index (χ0n) is 18.9. The van der Waals surface area contributed by atoms with Gasteiger partial charge in [0.1, 0.15) is 12.4 Å². The second kappa shape index (κ2) is 12.0. The Hall–Kier alpha value is -2.24. The highest BCUT2D eigenvalue weighted by Crippen LogP contribution is 2.39. The summed E-state index contributed by atoms with van der Waals surface area (Å²) in [6.45, 7) is 2.35. The van der Waals surface area contributed by atoms with Crippen molar-refractivity contribution < 1.29 is 14.2 Å². The van der Waals surface area contributed by atoms with E-state index in [1.165, 1.54) is 19.3 Å². The first-order valence-electron chi connectivity index (χ1n) is 10.3. The first kappa shape index (κ1) is 25.0. The van der Waals surface area contributed by atoms with E-state index in [0.717, 1.165) is 30.2 Å². The van der Waals surface area contributed by atoms with E-state index in [0.29, 0.717) is 35.8 Å². The van der Waals surface area contributed by atoms with Crippen molar-refractivity contribution in [2.45, 2.75) is 51.6 Å². The van der Waals surface area contributed by atoms with E-state index in [-0.39, 0.29) is 24.0 Å². The van der Waals surface area contributed by atoms with Gasteiger partial charge in [-0.05, 0) is 19.8 Å². The smallest absolute Gasteiger partial charge is 0.203 e. The molecule has 2 aromatic rings. The van der Waals surface area contributed by atoms with Crippen LogP contribution in [0.2, 0.25) is 0 Å². The highest BCUT2D eigenvalue weighted by atomic mass is 127. The summed E-state index contributed by atoms with van der Waals surface area (Å²) >= 11 is 0. The van der Waals surface area contributed by atoms with E-state index < -0.39 is 0 Å². The Morgan fingerprint density at radius 2 is 1.71 bits per heavy atom. The van der Waals surface area contributed by atoms with Crippen molar-refractivity contribution in [1.82, 2.24) is 20.1 Å². The number of benzene rings is 1. The lowest BCUT2D eigenvalue weighted by molar-refractivity contribution is 0.324. The number of hydrogen-bond acceptors (Lipinski definition) is 6. The molecule has 0 saturated heterocycles. The van der Waals surface area contributed by atoms with Gasteiger partial charge in [0.25, 0.3) is 0 Å². The molecule has 0 aliphatic heterocycles. The van der Waals surface area contributed by atoms with Crippen molar-refractivity contribution in [3.63, 3.8) is 0 Å². The van der Waals surface area contributed by atoms with E-state index in [4.69, 9.17) is 19.2 Å². The lowest BCUT2D eigenvalue weighted by Crippen LogP contribution is -2.40. The average molecular weight is 544 g/mol. The normalized spacial score (nSPS) is 14.5. The zero-order chi connectivity index (χ0) is 21.5. The Labute approximate surface area is 201 Å². The lowest BCUT2D eigenvalue weighted by atomic mass is 9.96. The lowest BCUT2D eigenvalue weighted by Gasteiger charge is -2.25. The minimum Gasteiger partial charge on any atom is -0.493 e. The predicted molar refractivity (Wildman–Crippen MR) is 132 cm³/mol. The number of aromatic nitrogens is 3. The Morgan fingerprint density at radius 1 is 1.06 bits per heavy atom. The molecule has 172 valence electrons. The molecule has 1 fully saturated rings. The molecule has 0 spiro atoms. The van der Waals surface area contributed by atoms with Crippen molar-refractivity contribution in [3.8, 4) is 17.2 Å². The Morgan fingerprint density at radius 3 is 2.23 bits per heavy atom. The fourth-order valence-electron chi connectivity index (χ4n) is 3.59. The number of nitrogens with zero attached hydrogens (tertiary/aromatic N) is 4. The summed E-state index contributed by atoms with van der Waals surface area (Å²) in [5.74, 6) is 4.08. The van der Waals surface area contributed by atoms with Gasteiger partial charge in [-0.1, -0.05) is 19.3 Å². The standard InChI is InChI=1S/C21H32N6O3.HI/c1-14-25-26-19(27(14)2)13-22-21(23-15-9-7-6-8-10-15)24-16-11-17(28-3)20(30-5)18(12-16)29-4;/h11-12,15H,6-10,13H2,1-5H3,(H2,22,23,24);1H. The summed E-state index contributed by atoms with van der Waals surface area (Å²) in [7, 11) is 6.74. The third-order valence-corrected chi connectivity index (χ3v) is 5.43. The molecule has 1 aromatic heterocycles. The van der Waals surface area contributed by atoms with E-state index in [2.05, 4.69) is 20.8 Å². The first-order valence-corrected chi connectivity index (χ1v) is 10.3. The molecule has 1 aromatic carbocycles. The number of guanidine groups is 1. The average Bonchev–Trinajstić information content (AvgIpc) is 3.09. The minimum absolute atomic E-state index is 0. The van der Waals surface area contributed by atoms with Crippen molar-refractivity contribution in [2.75, 3.05) is 26.6 Å². The third-order valence-electron chi connectivity index (χ3n) is 5.43. The summed E-state index contributed by atoms with van der Waals surface area (Å²) in [4.78, 5) is 4.77. The van der Waals surface area contributed by atoms with Gasteiger partial charge in [0, 0.05) is 30.9 Å². The molecule has 1 saturated carbocycles. The predicted octanol–water partition coefficient (Wildman–Crippen LogP) is 3.66. The molecule has 2 N–H and O–H groups in total. The molecule has 0 radical (unpaired) electrons. The van der Waals surface area contributed by atoms with Gasteiger partial charge in [0.2, 0.25) is 5.75 Å². The van der Waals surface area contributed by atoms with Crippen LogP contribution in [0.5, 0.6) is 17.2 Å². The van der Waals surface area contributed by atoms with Crippen LogP contribution in [-0.4, -0.2) is 48.1 Å². The van der Waals surface area contributed by atoms with Gasteiger partial charge in [0.15, 0.2) is 23.3 Å². The summed E-state index contributed by atoms with van der Waals surface area (Å²) in [5, 5.41) is 15.3. The second-order valence-electron chi connectivity index (χ2n) is 7.41. The van der Waals surface area contributed by atoms with Crippen molar-refractivity contribution in [2.24, 2.45) is 12.0 Å². The van der Waals surface area contributed by atoms with Crippen LogP contribution in [0.4, 0.5) is 5.69 Å². The van der Waals surface area contributed by atoms with Crippen molar-refractivity contribution in [1.29, 1.82) is 0 Å². The van der Waals surface area contributed by atoms with Gasteiger partial charge in [0.05, 0.1) is 21.3 Å². The maximum Gasteiger partial charge on any atom is 0.203 e. The van der Waals surface area contributed by atoms with E-state index in [1.807, 2.05) is 30.7 Å². The van der Waals surface area contributed by atoms with Gasteiger partial charge in [-0.25, -0.2) is 4.99 Å². The summed E-state index contributed by atoms with van der Waals surface area (Å²) in [6, 6.07) is 4.13. The SMILES string of the molecule is COc1cc(NC(=NCc2nnc(C)n2C)NC2CCCCC2)cc(OC)c1OC.I. The fraction of sp³-hybridized carbons (Fsp3) is 0.571. The van der Waals surface area contributed by atoms with Gasteiger partial charge >= 0.3 is 0 Å². The summed E-state index contributed by atoms with van der Waals surface area (Å²) in [5.41, 5.74) is 0.792. The molecular weight excluding hydrogens is 511 g/mol.